The average Bonchev–Trinajstić information content (AvgIpc) is 2.83. The highest BCUT2D eigenvalue weighted by atomic mass is 35.5. The Hall–Kier alpha value is -1.06. The third-order valence-electron chi connectivity index (χ3n) is 6.42. The van der Waals surface area contributed by atoms with Crippen LogP contribution in [0.25, 0.3) is 0 Å². The Labute approximate surface area is 165 Å². The molecule has 2 saturated heterocycles. The van der Waals surface area contributed by atoms with Gasteiger partial charge in [0.15, 0.2) is 0 Å². The van der Waals surface area contributed by atoms with Crippen molar-refractivity contribution in [3.05, 3.63) is 69.7 Å². The molecule has 2 aromatic rings. The molecular formula is C22H25Cl2NO. The first-order valence-electron chi connectivity index (χ1n) is 9.42. The molecule has 2 aromatic carbocycles. The van der Waals surface area contributed by atoms with Gasteiger partial charge in [-0.05, 0) is 80.5 Å². The van der Waals surface area contributed by atoms with Crippen LogP contribution in [-0.4, -0.2) is 29.1 Å². The maximum atomic E-state index is 11.8. The van der Waals surface area contributed by atoms with E-state index < -0.39 is 5.60 Å². The zero-order valence-corrected chi connectivity index (χ0v) is 16.5. The Balaban J connectivity index is 1.66. The molecule has 1 N–H and O–H groups in total. The van der Waals surface area contributed by atoms with Gasteiger partial charge in [-0.25, -0.2) is 0 Å². The van der Waals surface area contributed by atoms with Gasteiger partial charge in [0.1, 0.15) is 5.60 Å². The maximum Gasteiger partial charge on any atom is 0.115 e. The number of halogens is 2. The van der Waals surface area contributed by atoms with E-state index in [1.54, 1.807) is 0 Å². The molecule has 4 rings (SSSR count). The predicted octanol–water partition coefficient (Wildman–Crippen LogP) is 5.49. The second kappa shape index (κ2) is 7.16. The van der Waals surface area contributed by atoms with Crippen LogP contribution in [-0.2, 0) is 5.60 Å². The first-order chi connectivity index (χ1) is 12.5. The van der Waals surface area contributed by atoms with E-state index in [9.17, 15) is 5.11 Å². The van der Waals surface area contributed by atoms with Crippen molar-refractivity contribution < 1.29 is 5.11 Å². The number of hydrogen-bond acceptors (Lipinski definition) is 2. The molecule has 4 heteroatoms. The van der Waals surface area contributed by atoms with E-state index >= 15 is 0 Å². The Morgan fingerprint density at radius 1 is 0.885 bits per heavy atom. The lowest BCUT2D eigenvalue weighted by Crippen LogP contribution is -2.42. The van der Waals surface area contributed by atoms with Crippen LogP contribution < -0.4 is 0 Å². The molecule has 2 heterocycles. The Bertz CT molecular complexity index is 699. The summed E-state index contributed by atoms with van der Waals surface area (Å²) in [6.07, 6.45) is 5.64. The molecule has 2 aliphatic rings. The smallest absolute Gasteiger partial charge is 0.115 e. The molecule has 2 atom stereocenters. The van der Waals surface area contributed by atoms with Crippen LogP contribution in [0.3, 0.4) is 0 Å². The Morgan fingerprint density at radius 3 is 1.73 bits per heavy atom. The summed E-state index contributed by atoms with van der Waals surface area (Å²) < 4.78 is 0. The van der Waals surface area contributed by atoms with Crippen molar-refractivity contribution in [3.63, 3.8) is 0 Å². The minimum absolute atomic E-state index is 0.514. The van der Waals surface area contributed by atoms with Crippen molar-refractivity contribution in [2.24, 2.45) is 5.92 Å². The number of fused-ring (bicyclic) bond motifs is 2. The minimum Gasteiger partial charge on any atom is -0.380 e. The van der Waals surface area contributed by atoms with Crippen molar-refractivity contribution in [3.8, 4) is 0 Å². The van der Waals surface area contributed by atoms with E-state index in [1.807, 2.05) is 48.5 Å². The fourth-order valence-electron chi connectivity index (χ4n) is 4.96. The van der Waals surface area contributed by atoms with Gasteiger partial charge in [-0.2, -0.15) is 0 Å². The molecule has 2 bridgehead atoms. The lowest BCUT2D eigenvalue weighted by molar-refractivity contribution is 0.0268. The number of piperidine rings is 1. The molecule has 2 fully saturated rings. The highest BCUT2D eigenvalue weighted by Crippen LogP contribution is 2.44. The van der Waals surface area contributed by atoms with E-state index in [-0.39, 0.29) is 0 Å². The van der Waals surface area contributed by atoms with Crippen LogP contribution in [0.15, 0.2) is 48.5 Å². The highest BCUT2D eigenvalue weighted by Gasteiger charge is 2.42. The fourth-order valence-corrected chi connectivity index (χ4v) is 5.21. The summed E-state index contributed by atoms with van der Waals surface area (Å²) in [5.74, 6) is 0.514. The van der Waals surface area contributed by atoms with Gasteiger partial charge in [0.25, 0.3) is 0 Å². The van der Waals surface area contributed by atoms with Gasteiger partial charge in [0.2, 0.25) is 0 Å². The molecule has 0 aromatic heterocycles. The summed E-state index contributed by atoms with van der Waals surface area (Å²) in [6, 6.07) is 16.5. The largest absolute Gasteiger partial charge is 0.380 e. The fraction of sp³-hybridized carbons (Fsp3) is 0.455. The lowest BCUT2D eigenvalue weighted by atomic mass is 9.75. The van der Waals surface area contributed by atoms with Gasteiger partial charge in [-0.1, -0.05) is 47.5 Å². The Morgan fingerprint density at radius 2 is 1.31 bits per heavy atom. The molecule has 2 unspecified atom stereocenters. The van der Waals surface area contributed by atoms with Crippen LogP contribution in [0.1, 0.15) is 43.2 Å². The zero-order chi connectivity index (χ0) is 18.3. The molecule has 2 nitrogen and oxygen atoms in total. The van der Waals surface area contributed by atoms with E-state index in [0.29, 0.717) is 28.0 Å². The van der Waals surface area contributed by atoms with E-state index in [2.05, 4.69) is 11.9 Å². The summed E-state index contributed by atoms with van der Waals surface area (Å²) in [5, 5.41) is 13.2. The summed E-state index contributed by atoms with van der Waals surface area (Å²) in [6.45, 7) is 0. The molecule has 0 aliphatic carbocycles. The van der Waals surface area contributed by atoms with Crippen LogP contribution in [0.5, 0.6) is 0 Å². The van der Waals surface area contributed by atoms with E-state index in [4.69, 9.17) is 23.2 Å². The molecule has 0 spiro atoms. The summed E-state index contributed by atoms with van der Waals surface area (Å²) in [5.41, 5.74) is 0.779. The number of benzene rings is 2. The third kappa shape index (κ3) is 3.41. The van der Waals surface area contributed by atoms with Gasteiger partial charge in [-0.15, -0.1) is 0 Å². The summed E-state index contributed by atoms with van der Waals surface area (Å²) in [4.78, 5) is 2.54. The van der Waals surface area contributed by atoms with Crippen molar-refractivity contribution in [2.45, 2.75) is 49.8 Å². The van der Waals surface area contributed by atoms with Crippen LogP contribution in [0.2, 0.25) is 10.0 Å². The standard InChI is InChI=1S/C22H25Cl2NO/c1-25-20-10-11-21(25)13-15(12-20)14-22(26,16-2-6-18(23)7-3-16)17-4-8-19(24)9-5-17/h2-9,15,20-21,26H,10-14H2,1H3. The predicted molar refractivity (Wildman–Crippen MR) is 108 cm³/mol. The molecule has 0 amide bonds. The van der Waals surface area contributed by atoms with Gasteiger partial charge in [0, 0.05) is 22.1 Å². The van der Waals surface area contributed by atoms with E-state index in [0.717, 1.165) is 30.4 Å². The van der Waals surface area contributed by atoms with Gasteiger partial charge >= 0.3 is 0 Å². The molecule has 138 valence electrons. The minimum atomic E-state index is -1.02. The maximum absolute atomic E-state index is 11.8. The Kier molecular flexibility index (Phi) is 5.04. The second-order valence-corrected chi connectivity index (χ2v) is 8.84. The quantitative estimate of drug-likeness (QED) is 0.746. The van der Waals surface area contributed by atoms with E-state index in [1.165, 1.54) is 12.8 Å². The van der Waals surface area contributed by atoms with Crippen LogP contribution >= 0.6 is 23.2 Å². The second-order valence-electron chi connectivity index (χ2n) is 7.97. The summed E-state index contributed by atoms with van der Waals surface area (Å²) in [7, 11) is 2.25. The normalized spacial score (nSPS) is 26.2. The monoisotopic (exact) mass is 389 g/mol. The molecule has 26 heavy (non-hydrogen) atoms. The molecule has 0 saturated carbocycles. The molecule has 2 aliphatic heterocycles. The molecular weight excluding hydrogens is 365 g/mol. The number of hydrogen-bond donors (Lipinski definition) is 1. The van der Waals surface area contributed by atoms with Crippen molar-refractivity contribution in [1.82, 2.24) is 4.90 Å². The third-order valence-corrected chi connectivity index (χ3v) is 6.93. The molecule has 0 radical (unpaired) electrons. The van der Waals surface area contributed by atoms with Crippen LogP contribution in [0, 0.1) is 5.92 Å². The van der Waals surface area contributed by atoms with Crippen molar-refractivity contribution in [1.29, 1.82) is 0 Å². The van der Waals surface area contributed by atoms with Gasteiger partial charge in [-0.3, -0.25) is 0 Å². The zero-order valence-electron chi connectivity index (χ0n) is 15.0. The van der Waals surface area contributed by atoms with Crippen LogP contribution in [0.4, 0.5) is 0 Å². The van der Waals surface area contributed by atoms with Crippen molar-refractivity contribution >= 4 is 23.2 Å². The van der Waals surface area contributed by atoms with Gasteiger partial charge < -0.3 is 10.0 Å². The topological polar surface area (TPSA) is 23.5 Å². The first-order valence-corrected chi connectivity index (χ1v) is 10.2. The average molecular weight is 390 g/mol. The number of aliphatic hydroxyl groups is 1. The van der Waals surface area contributed by atoms with Gasteiger partial charge in [0.05, 0.1) is 0 Å². The SMILES string of the molecule is CN1C2CCC1CC(CC(O)(c1ccc(Cl)cc1)c1ccc(Cl)cc1)C2. The highest BCUT2D eigenvalue weighted by molar-refractivity contribution is 6.30. The number of nitrogens with zero attached hydrogens (tertiary/aromatic N) is 1. The first kappa shape index (κ1) is 18.3. The van der Waals surface area contributed by atoms with Crippen molar-refractivity contribution in [2.75, 3.05) is 7.05 Å². The lowest BCUT2D eigenvalue weighted by Gasteiger charge is -2.40. The number of rotatable bonds is 4. The summed E-state index contributed by atoms with van der Waals surface area (Å²) >= 11 is 12.2.